The third kappa shape index (κ3) is 2.99. The standard InChI is InChI=1S/C15H20N2O3/c1-10(2)17(7-8-18)15(20)12-3-5-13-11(9-12)4-6-14(19)16-13/h3,5,9-10,18H,4,6-8H2,1-2H3,(H,16,19). The number of amides is 2. The van der Waals surface area contributed by atoms with Gasteiger partial charge in [-0.3, -0.25) is 9.59 Å². The van der Waals surface area contributed by atoms with E-state index in [2.05, 4.69) is 5.32 Å². The monoisotopic (exact) mass is 276 g/mol. The Bertz CT molecular complexity index is 526. The van der Waals surface area contributed by atoms with Crippen LogP contribution in [0.1, 0.15) is 36.2 Å². The lowest BCUT2D eigenvalue weighted by Crippen LogP contribution is -2.39. The Morgan fingerprint density at radius 3 is 2.80 bits per heavy atom. The maximum absolute atomic E-state index is 12.5. The molecule has 0 radical (unpaired) electrons. The van der Waals surface area contributed by atoms with E-state index in [-0.39, 0.29) is 24.5 Å². The third-order valence-electron chi connectivity index (χ3n) is 3.47. The second-order valence-corrected chi connectivity index (χ2v) is 5.24. The van der Waals surface area contributed by atoms with E-state index in [1.165, 1.54) is 0 Å². The number of benzene rings is 1. The van der Waals surface area contributed by atoms with E-state index in [0.29, 0.717) is 24.9 Å². The van der Waals surface area contributed by atoms with E-state index in [0.717, 1.165) is 11.3 Å². The summed E-state index contributed by atoms with van der Waals surface area (Å²) in [5.41, 5.74) is 2.38. The molecule has 2 N–H and O–H groups in total. The maximum atomic E-state index is 12.5. The van der Waals surface area contributed by atoms with E-state index in [1.54, 1.807) is 17.0 Å². The minimum atomic E-state index is -0.0891. The topological polar surface area (TPSA) is 69.6 Å². The zero-order chi connectivity index (χ0) is 14.7. The lowest BCUT2D eigenvalue weighted by atomic mass is 9.99. The number of aliphatic hydroxyl groups is 1. The fraction of sp³-hybridized carbons (Fsp3) is 0.467. The molecule has 1 aromatic rings. The molecule has 2 rings (SSSR count). The normalized spacial score (nSPS) is 13.9. The van der Waals surface area contributed by atoms with Crippen LogP contribution in [0.2, 0.25) is 0 Å². The van der Waals surface area contributed by atoms with Gasteiger partial charge in [0, 0.05) is 30.3 Å². The smallest absolute Gasteiger partial charge is 0.254 e. The molecule has 0 aliphatic carbocycles. The molecule has 1 heterocycles. The first kappa shape index (κ1) is 14.5. The molecule has 0 saturated carbocycles. The van der Waals surface area contributed by atoms with Crippen molar-refractivity contribution in [2.45, 2.75) is 32.7 Å². The summed E-state index contributed by atoms with van der Waals surface area (Å²) in [6.45, 7) is 4.12. The van der Waals surface area contributed by atoms with E-state index >= 15 is 0 Å². The minimum Gasteiger partial charge on any atom is -0.395 e. The highest BCUT2D eigenvalue weighted by Gasteiger charge is 2.21. The van der Waals surface area contributed by atoms with E-state index < -0.39 is 0 Å². The van der Waals surface area contributed by atoms with Gasteiger partial charge in [-0.15, -0.1) is 0 Å². The highest BCUT2D eigenvalue weighted by molar-refractivity contribution is 5.98. The summed E-state index contributed by atoms with van der Waals surface area (Å²) < 4.78 is 0. The van der Waals surface area contributed by atoms with Crippen LogP contribution in [0.5, 0.6) is 0 Å². The SMILES string of the molecule is CC(C)N(CCO)C(=O)c1ccc2c(c1)CCC(=O)N2. The highest BCUT2D eigenvalue weighted by Crippen LogP contribution is 2.24. The lowest BCUT2D eigenvalue weighted by molar-refractivity contribution is -0.116. The van der Waals surface area contributed by atoms with Crippen molar-refractivity contribution in [3.05, 3.63) is 29.3 Å². The molecule has 1 aliphatic rings. The predicted octanol–water partition coefficient (Wildman–Crippen LogP) is 1.41. The number of fused-ring (bicyclic) bond motifs is 1. The summed E-state index contributed by atoms with van der Waals surface area (Å²) in [6.07, 6.45) is 1.11. The summed E-state index contributed by atoms with van der Waals surface area (Å²) in [7, 11) is 0. The van der Waals surface area contributed by atoms with E-state index in [1.807, 2.05) is 19.9 Å². The maximum Gasteiger partial charge on any atom is 0.254 e. The largest absolute Gasteiger partial charge is 0.395 e. The second-order valence-electron chi connectivity index (χ2n) is 5.24. The first-order chi connectivity index (χ1) is 9.52. The van der Waals surface area contributed by atoms with Crippen LogP contribution >= 0.6 is 0 Å². The van der Waals surface area contributed by atoms with Gasteiger partial charge in [0.15, 0.2) is 0 Å². The number of rotatable bonds is 4. The van der Waals surface area contributed by atoms with Crippen molar-refractivity contribution in [2.24, 2.45) is 0 Å². The van der Waals surface area contributed by atoms with Crippen LogP contribution in [-0.2, 0) is 11.2 Å². The number of carbonyl (C=O) groups excluding carboxylic acids is 2. The molecule has 1 aromatic carbocycles. The van der Waals surface area contributed by atoms with Gasteiger partial charge in [-0.05, 0) is 44.0 Å². The number of nitrogens with one attached hydrogen (secondary N) is 1. The average Bonchev–Trinajstić information content (AvgIpc) is 2.43. The second kappa shape index (κ2) is 6.05. The van der Waals surface area contributed by atoms with Gasteiger partial charge in [0.25, 0.3) is 5.91 Å². The Hall–Kier alpha value is -1.88. The van der Waals surface area contributed by atoms with Gasteiger partial charge >= 0.3 is 0 Å². The molecule has 0 spiro atoms. The molecule has 0 aromatic heterocycles. The van der Waals surface area contributed by atoms with Crippen LogP contribution in [0.3, 0.4) is 0 Å². The molecule has 20 heavy (non-hydrogen) atoms. The number of hydrogen-bond donors (Lipinski definition) is 2. The summed E-state index contributed by atoms with van der Waals surface area (Å²) in [4.78, 5) is 25.4. The molecule has 0 fully saturated rings. The predicted molar refractivity (Wildman–Crippen MR) is 76.7 cm³/mol. The van der Waals surface area contributed by atoms with Crippen molar-refractivity contribution < 1.29 is 14.7 Å². The van der Waals surface area contributed by atoms with Crippen molar-refractivity contribution in [3.63, 3.8) is 0 Å². The van der Waals surface area contributed by atoms with Crippen molar-refractivity contribution in [1.82, 2.24) is 4.90 Å². The Labute approximate surface area is 118 Å². The highest BCUT2D eigenvalue weighted by atomic mass is 16.3. The zero-order valence-corrected chi connectivity index (χ0v) is 11.8. The quantitative estimate of drug-likeness (QED) is 0.873. The zero-order valence-electron chi connectivity index (χ0n) is 11.8. The van der Waals surface area contributed by atoms with Gasteiger partial charge in [-0.2, -0.15) is 0 Å². The number of hydrogen-bond acceptors (Lipinski definition) is 3. The number of carbonyl (C=O) groups is 2. The minimum absolute atomic E-state index is 0.0145. The number of nitrogens with zero attached hydrogens (tertiary/aromatic N) is 1. The number of aliphatic hydroxyl groups excluding tert-OH is 1. The van der Waals surface area contributed by atoms with Crippen LogP contribution in [0.15, 0.2) is 18.2 Å². The number of aryl methyl sites for hydroxylation is 1. The Balaban J connectivity index is 2.24. The Morgan fingerprint density at radius 2 is 2.15 bits per heavy atom. The van der Waals surface area contributed by atoms with Crippen LogP contribution in [0.25, 0.3) is 0 Å². The molecule has 0 saturated heterocycles. The van der Waals surface area contributed by atoms with Crippen molar-refractivity contribution in [1.29, 1.82) is 0 Å². The summed E-state index contributed by atoms with van der Waals surface area (Å²) in [6, 6.07) is 5.37. The molecular formula is C15H20N2O3. The molecule has 2 amide bonds. The fourth-order valence-corrected chi connectivity index (χ4v) is 2.38. The first-order valence-electron chi connectivity index (χ1n) is 6.87. The van der Waals surface area contributed by atoms with E-state index in [9.17, 15) is 9.59 Å². The number of anilines is 1. The fourth-order valence-electron chi connectivity index (χ4n) is 2.38. The summed E-state index contributed by atoms with van der Waals surface area (Å²) in [5.74, 6) is -0.0746. The summed E-state index contributed by atoms with van der Waals surface area (Å²) in [5, 5.41) is 11.9. The summed E-state index contributed by atoms with van der Waals surface area (Å²) >= 11 is 0. The molecule has 1 aliphatic heterocycles. The van der Waals surface area contributed by atoms with Crippen LogP contribution in [0, 0.1) is 0 Å². The molecule has 0 bridgehead atoms. The lowest BCUT2D eigenvalue weighted by Gasteiger charge is -2.26. The van der Waals surface area contributed by atoms with Gasteiger partial charge in [0.1, 0.15) is 0 Å². The van der Waals surface area contributed by atoms with Gasteiger partial charge < -0.3 is 15.3 Å². The van der Waals surface area contributed by atoms with Gasteiger partial charge in [-0.25, -0.2) is 0 Å². The van der Waals surface area contributed by atoms with Gasteiger partial charge in [-0.1, -0.05) is 0 Å². The van der Waals surface area contributed by atoms with E-state index in [4.69, 9.17) is 5.11 Å². The van der Waals surface area contributed by atoms with Crippen molar-refractivity contribution >= 4 is 17.5 Å². The van der Waals surface area contributed by atoms with Crippen molar-refractivity contribution in [3.8, 4) is 0 Å². The average molecular weight is 276 g/mol. The van der Waals surface area contributed by atoms with Crippen LogP contribution < -0.4 is 5.32 Å². The van der Waals surface area contributed by atoms with Gasteiger partial charge in [0.2, 0.25) is 5.91 Å². The molecule has 0 unspecified atom stereocenters. The van der Waals surface area contributed by atoms with Crippen molar-refractivity contribution in [2.75, 3.05) is 18.5 Å². The molecule has 108 valence electrons. The molecular weight excluding hydrogens is 256 g/mol. The Kier molecular flexibility index (Phi) is 4.39. The first-order valence-corrected chi connectivity index (χ1v) is 6.87. The molecule has 5 nitrogen and oxygen atoms in total. The Morgan fingerprint density at radius 1 is 1.40 bits per heavy atom. The molecule has 0 atom stereocenters. The molecule has 5 heteroatoms. The van der Waals surface area contributed by atoms with Crippen LogP contribution in [0.4, 0.5) is 5.69 Å². The van der Waals surface area contributed by atoms with Crippen LogP contribution in [-0.4, -0.2) is 41.0 Å². The third-order valence-corrected chi connectivity index (χ3v) is 3.47. The van der Waals surface area contributed by atoms with Gasteiger partial charge in [0.05, 0.1) is 6.61 Å².